The number of ether oxygens (including phenoxy) is 12. The van der Waals surface area contributed by atoms with Crippen LogP contribution in [0.5, 0.6) is 0 Å². The van der Waals surface area contributed by atoms with Gasteiger partial charge >= 0.3 is 0 Å². The zero-order valence-electron chi connectivity index (χ0n) is 37.3. The van der Waals surface area contributed by atoms with Crippen molar-refractivity contribution in [3.8, 4) is 0 Å². The summed E-state index contributed by atoms with van der Waals surface area (Å²) in [5, 5.41) is 0. The lowest BCUT2D eigenvalue weighted by molar-refractivity contribution is 0.00538. The lowest BCUT2D eigenvalue weighted by Crippen LogP contribution is -2.40. The fourth-order valence-corrected chi connectivity index (χ4v) is 7.08. The summed E-state index contributed by atoms with van der Waals surface area (Å²) >= 11 is 0. The summed E-state index contributed by atoms with van der Waals surface area (Å²) in [6, 6.07) is 0. The maximum absolute atomic E-state index is 5.80. The molecule has 0 unspecified atom stereocenters. The Balaban J connectivity index is 0.000000201. The minimum atomic E-state index is 0.657. The third-order valence-electron chi connectivity index (χ3n) is 11.0. The second-order valence-electron chi connectivity index (χ2n) is 15.4. The van der Waals surface area contributed by atoms with Gasteiger partial charge in [-0.2, -0.15) is 0 Å². The van der Waals surface area contributed by atoms with Crippen molar-refractivity contribution in [1.82, 2.24) is 29.4 Å². The largest absolute Gasteiger partial charge is 0.379 e. The molecular weight excluding hydrogens is 780 g/mol. The molecule has 354 valence electrons. The third-order valence-corrected chi connectivity index (χ3v) is 11.0. The molecular formula is C42H84N6O12. The molecule has 18 nitrogen and oxygen atoms in total. The Morgan fingerprint density at radius 3 is 0.300 bits per heavy atom. The van der Waals surface area contributed by atoms with E-state index in [1.54, 1.807) is 0 Å². The van der Waals surface area contributed by atoms with E-state index in [2.05, 4.69) is 29.4 Å². The average molecular weight is 865 g/mol. The van der Waals surface area contributed by atoms with E-state index >= 15 is 0 Å². The van der Waals surface area contributed by atoms with E-state index in [4.69, 9.17) is 56.8 Å². The van der Waals surface area contributed by atoms with Crippen LogP contribution in [0, 0.1) is 0 Å². The molecule has 0 saturated carbocycles. The Bertz CT molecular complexity index is 819. The molecule has 0 aliphatic carbocycles. The summed E-state index contributed by atoms with van der Waals surface area (Å²) < 4.78 is 68.1. The molecule has 8 rings (SSSR count). The summed E-state index contributed by atoms with van der Waals surface area (Å²) in [4.78, 5) is 14.1. The first-order valence-electron chi connectivity index (χ1n) is 23.1. The summed E-state index contributed by atoms with van der Waals surface area (Å²) in [5.74, 6) is 0. The highest BCUT2D eigenvalue weighted by atomic mass is 16.5. The highest BCUT2D eigenvalue weighted by molar-refractivity contribution is 4.65. The Morgan fingerprint density at radius 1 is 0.117 bits per heavy atom. The van der Waals surface area contributed by atoms with Crippen molar-refractivity contribution in [1.29, 1.82) is 0 Å². The molecule has 8 fully saturated rings. The van der Waals surface area contributed by atoms with Crippen molar-refractivity contribution in [3.05, 3.63) is 0 Å². The maximum atomic E-state index is 5.80. The molecule has 8 saturated heterocycles. The summed E-state index contributed by atoms with van der Waals surface area (Å²) in [7, 11) is 0. The Kier molecular flexibility index (Phi) is 32.6. The topological polar surface area (TPSA) is 130 Å². The van der Waals surface area contributed by atoms with Gasteiger partial charge < -0.3 is 56.8 Å². The van der Waals surface area contributed by atoms with Crippen LogP contribution >= 0.6 is 0 Å². The SMILES string of the molecule is C1CN2CCOCCN(CCO1)CCOCC2.C1COCCN2CCOCCN(CCO1)CCOCC2.C1COCCN2CCOCCOCCN(CCO1)CCOCC2. The third kappa shape index (κ3) is 28.2. The van der Waals surface area contributed by atoms with Crippen molar-refractivity contribution in [2.24, 2.45) is 0 Å². The number of nitrogens with zero attached hydrogens (tertiary/aromatic N) is 6. The minimum Gasteiger partial charge on any atom is -0.379 e. The van der Waals surface area contributed by atoms with Crippen LogP contribution in [0.2, 0.25) is 0 Å². The fraction of sp³-hybridized carbons (Fsp3) is 1.00. The van der Waals surface area contributed by atoms with Gasteiger partial charge in [0.25, 0.3) is 0 Å². The fourth-order valence-electron chi connectivity index (χ4n) is 7.08. The molecule has 8 heterocycles. The molecule has 60 heavy (non-hydrogen) atoms. The summed E-state index contributed by atoms with van der Waals surface area (Å²) in [6.07, 6.45) is 0. The number of rotatable bonds is 0. The monoisotopic (exact) mass is 865 g/mol. The highest BCUT2D eigenvalue weighted by Gasteiger charge is 2.14. The normalized spacial score (nSPS) is 32.4. The first kappa shape index (κ1) is 51.9. The van der Waals surface area contributed by atoms with Crippen LogP contribution in [0.1, 0.15) is 0 Å². The second-order valence-corrected chi connectivity index (χ2v) is 15.4. The van der Waals surface area contributed by atoms with Crippen molar-refractivity contribution in [2.75, 3.05) is 276 Å². The van der Waals surface area contributed by atoms with Crippen LogP contribution in [0.4, 0.5) is 0 Å². The maximum Gasteiger partial charge on any atom is 0.0701 e. The van der Waals surface area contributed by atoms with Gasteiger partial charge in [0.15, 0.2) is 0 Å². The quantitative estimate of drug-likeness (QED) is 0.278. The van der Waals surface area contributed by atoms with Crippen LogP contribution in [-0.2, 0) is 56.8 Å². The predicted octanol–water partition coefficient (Wildman–Crippen LogP) is -0.948. The van der Waals surface area contributed by atoms with Gasteiger partial charge in [0.05, 0.1) is 159 Å². The molecule has 0 radical (unpaired) electrons. The van der Waals surface area contributed by atoms with Gasteiger partial charge in [0.2, 0.25) is 0 Å². The zero-order chi connectivity index (χ0) is 41.6. The van der Waals surface area contributed by atoms with E-state index in [0.717, 1.165) is 237 Å². The van der Waals surface area contributed by atoms with E-state index in [1.165, 1.54) is 0 Å². The van der Waals surface area contributed by atoms with E-state index in [9.17, 15) is 0 Å². The Labute approximate surface area is 362 Å². The summed E-state index contributed by atoms with van der Waals surface area (Å²) in [5.41, 5.74) is 0. The molecule has 0 N–H and O–H groups in total. The molecule has 0 aromatic rings. The molecule has 8 aliphatic heterocycles. The lowest BCUT2D eigenvalue weighted by atomic mass is 10.4. The minimum absolute atomic E-state index is 0.657. The van der Waals surface area contributed by atoms with Crippen LogP contribution in [0.15, 0.2) is 0 Å². The second kappa shape index (κ2) is 37.6. The van der Waals surface area contributed by atoms with Crippen LogP contribution < -0.4 is 0 Å². The molecule has 6 bridgehead atoms. The van der Waals surface area contributed by atoms with E-state index in [-0.39, 0.29) is 0 Å². The van der Waals surface area contributed by atoms with Gasteiger partial charge in [-0.1, -0.05) is 0 Å². The average Bonchev–Trinajstić information content (AvgIpc) is 3.27. The lowest BCUT2D eigenvalue weighted by Gasteiger charge is -2.27. The van der Waals surface area contributed by atoms with Gasteiger partial charge in [-0.05, 0) is 0 Å². The highest BCUT2D eigenvalue weighted by Crippen LogP contribution is 2.01. The first-order valence-corrected chi connectivity index (χ1v) is 23.1. The molecule has 0 spiro atoms. The van der Waals surface area contributed by atoms with Gasteiger partial charge in [-0.25, -0.2) is 0 Å². The van der Waals surface area contributed by atoms with Gasteiger partial charge in [-0.15, -0.1) is 0 Å². The Morgan fingerprint density at radius 2 is 0.200 bits per heavy atom. The van der Waals surface area contributed by atoms with E-state index in [1.807, 2.05) is 0 Å². The number of hydrogen-bond donors (Lipinski definition) is 0. The van der Waals surface area contributed by atoms with Crippen LogP contribution in [-0.4, -0.2) is 306 Å². The zero-order valence-corrected chi connectivity index (χ0v) is 37.3. The van der Waals surface area contributed by atoms with Crippen molar-refractivity contribution in [3.63, 3.8) is 0 Å². The van der Waals surface area contributed by atoms with Gasteiger partial charge in [0.1, 0.15) is 0 Å². The standard InChI is InChI=1S/C16H32N2O5.C14H28N2O4.C12H24N2O3/c1-7-19-8-2-18-5-11-22-15-13-20-9-3-17(1)4-10-21-14-16-23-12-6-18;1-7-17-9-3-16-4-10-18-8-2-15(1)5-11-19-13-14-20-12-6-16;1-7-15-10-4-14-5-11-16-8-2-13(1)3-9-17-12-6-14/h1-16H2;1-14H2;1-12H2. The first-order chi connectivity index (χ1) is 29.8. The molecule has 0 atom stereocenters. The molecule has 0 aromatic heterocycles. The van der Waals surface area contributed by atoms with E-state index < -0.39 is 0 Å². The predicted molar refractivity (Wildman–Crippen MR) is 228 cm³/mol. The molecule has 18 heteroatoms. The van der Waals surface area contributed by atoms with Gasteiger partial charge in [-0.3, -0.25) is 29.4 Å². The molecule has 0 aromatic carbocycles. The van der Waals surface area contributed by atoms with Crippen LogP contribution in [0.3, 0.4) is 0 Å². The van der Waals surface area contributed by atoms with Crippen LogP contribution in [0.25, 0.3) is 0 Å². The molecule has 8 aliphatic rings. The number of fused-ring (bicyclic) bond motifs is 33. The molecule has 0 amide bonds. The van der Waals surface area contributed by atoms with Crippen molar-refractivity contribution < 1.29 is 56.8 Å². The van der Waals surface area contributed by atoms with Crippen molar-refractivity contribution in [2.45, 2.75) is 0 Å². The van der Waals surface area contributed by atoms with E-state index in [0.29, 0.717) is 39.6 Å². The van der Waals surface area contributed by atoms with Crippen molar-refractivity contribution >= 4 is 0 Å². The number of hydrogen-bond acceptors (Lipinski definition) is 18. The Hall–Kier alpha value is -0.720. The van der Waals surface area contributed by atoms with Gasteiger partial charge in [0, 0.05) is 118 Å². The summed E-state index contributed by atoms with van der Waals surface area (Å²) in [6.45, 7) is 34.8. The smallest absolute Gasteiger partial charge is 0.0701 e.